The number of hydrogen-bond acceptors (Lipinski definition) is 6. The van der Waals surface area contributed by atoms with Crippen LogP contribution >= 0.6 is 0 Å². The molecule has 1 unspecified atom stereocenters. The molecule has 1 atom stereocenters. The summed E-state index contributed by atoms with van der Waals surface area (Å²) in [5.74, 6) is 1.85. The maximum Gasteiger partial charge on any atom is 0.149 e. The molecule has 3 aliphatic rings. The predicted molar refractivity (Wildman–Crippen MR) is 103 cm³/mol. The van der Waals surface area contributed by atoms with Gasteiger partial charge in [-0.1, -0.05) is 0 Å². The second-order valence-electron chi connectivity index (χ2n) is 7.78. The monoisotopic (exact) mass is 355 g/mol. The van der Waals surface area contributed by atoms with Crippen LogP contribution in [0.25, 0.3) is 0 Å². The van der Waals surface area contributed by atoms with Gasteiger partial charge in [-0.15, -0.1) is 0 Å². The molecule has 1 N–H and O–H groups in total. The van der Waals surface area contributed by atoms with E-state index in [0.717, 1.165) is 75.8 Å². The number of anilines is 2. The fraction of sp³-hybridized carbons (Fsp3) is 0.700. The summed E-state index contributed by atoms with van der Waals surface area (Å²) >= 11 is 0. The van der Waals surface area contributed by atoms with Gasteiger partial charge in [0.1, 0.15) is 17.7 Å². The highest BCUT2D eigenvalue weighted by Gasteiger charge is 2.27. The van der Waals surface area contributed by atoms with Gasteiger partial charge in [0, 0.05) is 44.9 Å². The van der Waals surface area contributed by atoms with E-state index in [1.165, 1.54) is 30.4 Å². The molecule has 6 heteroatoms. The number of ether oxygens (including phenoxy) is 1. The normalized spacial score (nSPS) is 23.5. The minimum absolute atomic E-state index is 0.280. The van der Waals surface area contributed by atoms with Crippen LogP contribution in [-0.2, 0) is 17.7 Å². The van der Waals surface area contributed by atoms with Gasteiger partial charge in [0.25, 0.3) is 0 Å². The smallest absolute Gasteiger partial charge is 0.149 e. The zero-order valence-electron chi connectivity index (χ0n) is 15.8. The summed E-state index contributed by atoms with van der Waals surface area (Å²) in [6.07, 6.45) is 7.11. The van der Waals surface area contributed by atoms with Crippen LogP contribution in [0, 0.1) is 11.3 Å². The Balaban J connectivity index is 1.69. The summed E-state index contributed by atoms with van der Waals surface area (Å²) < 4.78 is 5.77. The minimum Gasteiger partial charge on any atom is -0.376 e. The standard InChI is InChI=1S/C20H29N5O/c1-24-10-7-16-17(12-21)20(25-8-3-2-4-9-25)23-19(18(16)14-24)22-13-15-6-5-11-26-15/h15H,2-11,13-14H2,1H3,(H,22,23). The van der Waals surface area contributed by atoms with Crippen LogP contribution in [-0.4, -0.2) is 55.8 Å². The van der Waals surface area contributed by atoms with Crippen LogP contribution in [0.1, 0.15) is 48.8 Å². The summed E-state index contributed by atoms with van der Waals surface area (Å²) in [6, 6.07) is 2.49. The molecule has 1 aromatic rings. The Bertz CT molecular complexity index is 686. The maximum atomic E-state index is 9.89. The Morgan fingerprint density at radius 3 is 2.77 bits per heavy atom. The quantitative estimate of drug-likeness (QED) is 0.895. The third kappa shape index (κ3) is 3.51. The van der Waals surface area contributed by atoms with E-state index in [-0.39, 0.29) is 6.10 Å². The predicted octanol–water partition coefficient (Wildman–Crippen LogP) is 2.52. The lowest BCUT2D eigenvalue weighted by Gasteiger charge is -2.33. The van der Waals surface area contributed by atoms with Gasteiger partial charge < -0.3 is 19.9 Å². The molecule has 0 amide bonds. The first-order valence-electron chi connectivity index (χ1n) is 10.0. The molecule has 6 nitrogen and oxygen atoms in total. The summed E-state index contributed by atoms with van der Waals surface area (Å²) in [5, 5.41) is 13.5. The highest BCUT2D eigenvalue weighted by Crippen LogP contribution is 2.34. The summed E-state index contributed by atoms with van der Waals surface area (Å²) in [5.41, 5.74) is 3.21. The van der Waals surface area contributed by atoms with Crippen molar-refractivity contribution in [3.8, 4) is 6.07 Å². The third-order valence-corrected chi connectivity index (χ3v) is 5.85. The first kappa shape index (κ1) is 17.6. The van der Waals surface area contributed by atoms with Crippen molar-refractivity contribution >= 4 is 11.6 Å². The molecule has 26 heavy (non-hydrogen) atoms. The molecule has 2 saturated heterocycles. The molecule has 1 aromatic heterocycles. The lowest BCUT2D eigenvalue weighted by atomic mass is 9.95. The van der Waals surface area contributed by atoms with Gasteiger partial charge in [-0.2, -0.15) is 5.26 Å². The third-order valence-electron chi connectivity index (χ3n) is 5.85. The van der Waals surface area contributed by atoms with Crippen molar-refractivity contribution in [3.05, 3.63) is 16.7 Å². The average molecular weight is 355 g/mol. The van der Waals surface area contributed by atoms with Crippen molar-refractivity contribution < 1.29 is 4.74 Å². The molecule has 0 aromatic carbocycles. The second-order valence-corrected chi connectivity index (χ2v) is 7.78. The van der Waals surface area contributed by atoms with Crippen LogP contribution in [0.5, 0.6) is 0 Å². The number of nitriles is 1. The fourth-order valence-corrected chi connectivity index (χ4v) is 4.37. The largest absolute Gasteiger partial charge is 0.376 e. The number of hydrogen-bond donors (Lipinski definition) is 1. The Labute approximate surface area is 156 Å². The number of likely N-dealkylation sites (N-methyl/N-ethyl adjacent to an activating group) is 1. The zero-order valence-corrected chi connectivity index (χ0v) is 15.8. The topological polar surface area (TPSA) is 64.4 Å². The van der Waals surface area contributed by atoms with Crippen molar-refractivity contribution in [1.29, 1.82) is 5.26 Å². The van der Waals surface area contributed by atoms with Crippen molar-refractivity contribution in [2.24, 2.45) is 0 Å². The van der Waals surface area contributed by atoms with Gasteiger partial charge in [0.15, 0.2) is 0 Å². The number of nitrogens with zero attached hydrogens (tertiary/aromatic N) is 4. The molecule has 140 valence electrons. The first-order chi connectivity index (χ1) is 12.8. The first-order valence-corrected chi connectivity index (χ1v) is 10.0. The van der Waals surface area contributed by atoms with E-state index in [0.29, 0.717) is 0 Å². The molecule has 0 bridgehead atoms. The summed E-state index contributed by atoms with van der Waals surface area (Å²) in [4.78, 5) is 9.61. The Kier molecular flexibility index (Phi) is 5.28. The van der Waals surface area contributed by atoms with Crippen molar-refractivity contribution in [3.63, 3.8) is 0 Å². The maximum absolute atomic E-state index is 9.89. The Morgan fingerprint density at radius 2 is 2.04 bits per heavy atom. The Morgan fingerprint density at radius 1 is 1.19 bits per heavy atom. The molecular formula is C20H29N5O. The molecule has 0 aliphatic carbocycles. The molecule has 2 fully saturated rings. The molecule has 0 saturated carbocycles. The van der Waals surface area contributed by atoms with E-state index in [1.807, 2.05) is 0 Å². The van der Waals surface area contributed by atoms with Crippen molar-refractivity contribution in [2.45, 2.75) is 51.2 Å². The van der Waals surface area contributed by atoms with E-state index in [2.05, 4.69) is 28.2 Å². The van der Waals surface area contributed by atoms with E-state index in [1.54, 1.807) is 0 Å². The SMILES string of the molecule is CN1CCc2c(C#N)c(N3CCCCC3)nc(NCC3CCCO3)c2C1. The number of fused-ring (bicyclic) bond motifs is 1. The van der Waals surface area contributed by atoms with Gasteiger partial charge in [-0.25, -0.2) is 4.98 Å². The number of piperidine rings is 1. The van der Waals surface area contributed by atoms with Gasteiger partial charge in [0.2, 0.25) is 0 Å². The average Bonchev–Trinajstić information content (AvgIpc) is 3.20. The van der Waals surface area contributed by atoms with Crippen molar-refractivity contribution in [1.82, 2.24) is 9.88 Å². The Hall–Kier alpha value is -1.84. The van der Waals surface area contributed by atoms with E-state index < -0.39 is 0 Å². The number of rotatable bonds is 4. The fourth-order valence-electron chi connectivity index (χ4n) is 4.37. The minimum atomic E-state index is 0.280. The van der Waals surface area contributed by atoms with E-state index in [4.69, 9.17) is 9.72 Å². The van der Waals surface area contributed by atoms with Gasteiger partial charge >= 0.3 is 0 Å². The molecule has 0 radical (unpaired) electrons. The lowest BCUT2D eigenvalue weighted by molar-refractivity contribution is 0.120. The molecule has 4 heterocycles. The second kappa shape index (κ2) is 7.81. The van der Waals surface area contributed by atoms with Crippen LogP contribution < -0.4 is 10.2 Å². The van der Waals surface area contributed by atoms with Crippen molar-refractivity contribution in [2.75, 3.05) is 50.1 Å². The number of aromatic nitrogens is 1. The molecular weight excluding hydrogens is 326 g/mol. The van der Waals surface area contributed by atoms with Gasteiger partial charge in [-0.3, -0.25) is 0 Å². The van der Waals surface area contributed by atoms with Gasteiger partial charge in [0.05, 0.1) is 11.7 Å². The van der Waals surface area contributed by atoms with Crippen LogP contribution in [0.15, 0.2) is 0 Å². The highest BCUT2D eigenvalue weighted by molar-refractivity contribution is 5.67. The molecule has 0 spiro atoms. The van der Waals surface area contributed by atoms with Crippen LogP contribution in [0.4, 0.5) is 11.6 Å². The number of nitrogens with one attached hydrogen (secondary N) is 1. The molecule has 4 rings (SSSR count). The van der Waals surface area contributed by atoms with Gasteiger partial charge in [-0.05, 0) is 51.1 Å². The summed E-state index contributed by atoms with van der Waals surface area (Å²) in [7, 11) is 2.14. The van der Waals surface area contributed by atoms with E-state index in [9.17, 15) is 5.26 Å². The number of pyridine rings is 1. The van der Waals surface area contributed by atoms with Crippen LogP contribution in [0.2, 0.25) is 0 Å². The molecule has 3 aliphatic heterocycles. The highest BCUT2D eigenvalue weighted by atomic mass is 16.5. The lowest BCUT2D eigenvalue weighted by Crippen LogP contribution is -2.34. The zero-order chi connectivity index (χ0) is 17.9. The summed E-state index contributed by atoms with van der Waals surface area (Å²) in [6.45, 7) is 5.53. The van der Waals surface area contributed by atoms with Crippen LogP contribution in [0.3, 0.4) is 0 Å². The van der Waals surface area contributed by atoms with E-state index >= 15 is 0 Å².